The van der Waals surface area contributed by atoms with Crippen LogP contribution in [-0.4, -0.2) is 53.7 Å². The molecule has 2 aromatic rings. The Labute approximate surface area is 132 Å². The molecule has 22 heavy (non-hydrogen) atoms. The third-order valence-corrected chi connectivity index (χ3v) is 4.12. The van der Waals surface area contributed by atoms with Gasteiger partial charge in [0.05, 0.1) is 11.0 Å². The molecule has 3 rings (SSSR count). The lowest BCUT2D eigenvalue weighted by molar-refractivity contribution is 0.249. The number of fused-ring (bicyclic) bond motifs is 1. The first-order chi connectivity index (χ1) is 10.7. The highest BCUT2D eigenvalue weighted by molar-refractivity contribution is 5.78. The Morgan fingerprint density at radius 1 is 1.23 bits per heavy atom. The molecule has 1 aliphatic rings. The van der Waals surface area contributed by atoms with Gasteiger partial charge >= 0.3 is 0 Å². The zero-order valence-electron chi connectivity index (χ0n) is 13.7. The van der Waals surface area contributed by atoms with E-state index in [1.54, 1.807) is 0 Å². The SMILES string of the molecule is CC(C)Cn1c(NCCN2CCNCC2)nc2ccccc21. The fourth-order valence-corrected chi connectivity index (χ4v) is 3.02. The van der Waals surface area contributed by atoms with Crippen LogP contribution < -0.4 is 10.6 Å². The fraction of sp³-hybridized carbons (Fsp3) is 0.588. The van der Waals surface area contributed by atoms with Gasteiger partial charge in [-0.2, -0.15) is 0 Å². The summed E-state index contributed by atoms with van der Waals surface area (Å²) in [6.07, 6.45) is 0. The monoisotopic (exact) mass is 301 g/mol. The van der Waals surface area contributed by atoms with Gasteiger partial charge in [-0.05, 0) is 18.1 Å². The molecule has 0 amide bonds. The van der Waals surface area contributed by atoms with Crippen LogP contribution in [0.15, 0.2) is 24.3 Å². The highest BCUT2D eigenvalue weighted by atomic mass is 15.2. The molecule has 1 aromatic carbocycles. The van der Waals surface area contributed by atoms with Crippen LogP contribution >= 0.6 is 0 Å². The van der Waals surface area contributed by atoms with Gasteiger partial charge in [-0.3, -0.25) is 4.90 Å². The molecule has 0 saturated carbocycles. The van der Waals surface area contributed by atoms with Crippen molar-refractivity contribution in [3.05, 3.63) is 24.3 Å². The Hall–Kier alpha value is -1.59. The van der Waals surface area contributed by atoms with E-state index in [0.29, 0.717) is 5.92 Å². The van der Waals surface area contributed by atoms with Crippen molar-refractivity contribution >= 4 is 17.0 Å². The summed E-state index contributed by atoms with van der Waals surface area (Å²) in [6.45, 7) is 12.0. The summed E-state index contributed by atoms with van der Waals surface area (Å²) in [4.78, 5) is 7.27. The van der Waals surface area contributed by atoms with Crippen molar-refractivity contribution in [2.24, 2.45) is 5.92 Å². The standard InChI is InChI=1S/C17H27N5/c1-14(2)13-22-16-6-4-3-5-15(16)20-17(22)19-9-12-21-10-7-18-8-11-21/h3-6,14,18H,7-13H2,1-2H3,(H,19,20). The summed E-state index contributed by atoms with van der Waals surface area (Å²) >= 11 is 0. The van der Waals surface area contributed by atoms with E-state index in [2.05, 4.69) is 58.2 Å². The maximum Gasteiger partial charge on any atom is 0.203 e. The van der Waals surface area contributed by atoms with Gasteiger partial charge in [0.1, 0.15) is 0 Å². The highest BCUT2D eigenvalue weighted by Gasteiger charge is 2.12. The summed E-state index contributed by atoms with van der Waals surface area (Å²) < 4.78 is 2.32. The average molecular weight is 301 g/mol. The van der Waals surface area contributed by atoms with Crippen LogP contribution in [-0.2, 0) is 6.54 Å². The molecular weight excluding hydrogens is 274 g/mol. The second-order valence-corrected chi connectivity index (χ2v) is 6.45. The van der Waals surface area contributed by atoms with Crippen LogP contribution in [0.4, 0.5) is 5.95 Å². The van der Waals surface area contributed by atoms with Crippen molar-refractivity contribution in [2.75, 3.05) is 44.6 Å². The number of imidazole rings is 1. The summed E-state index contributed by atoms with van der Waals surface area (Å²) in [6, 6.07) is 8.39. The topological polar surface area (TPSA) is 45.1 Å². The number of hydrogen-bond acceptors (Lipinski definition) is 4. The van der Waals surface area contributed by atoms with Crippen LogP contribution in [0.5, 0.6) is 0 Å². The van der Waals surface area contributed by atoms with Crippen molar-refractivity contribution in [1.82, 2.24) is 19.8 Å². The van der Waals surface area contributed by atoms with E-state index >= 15 is 0 Å². The number of rotatable bonds is 6. The van der Waals surface area contributed by atoms with E-state index in [-0.39, 0.29) is 0 Å². The summed E-state index contributed by atoms with van der Waals surface area (Å²) in [5, 5.41) is 6.94. The number of para-hydroxylation sites is 2. The number of benzene rings is 1. The smallest absolute Gasteiger partial charge is 0.203 e. The van der Waals surface area contributed by atoms with E-state index in [4.69, 9.17) is 4.98 Å². The number of hydrogen-bond donors (Lipinski definition) is 2. The number of aromatic nitrogens is 2. The van der Waals surface area contributed by atoms with Gasteiger partial charge < -0.3 is 15.2 Å². The fourth-order valence-electron chi connectivity index (χ4n) is 3.02. The molecule has 0 unspecified atom stereocenters. The van der Waals surface area contributed by atoms with Gasteiger partial charge in [0.25, 0.3) is 0 Å². The zero-order valence-corrected chi connectivity index (χ0v) is 13.7. The Morgan fingerprint density at radius 3 is 2.77 bits per heavy atom. The molecule has 1 aromatic heterocycles. The summed E-state index contributed by atoms with van der Waals surface area (Å²) in [5.41, 5.74) is 2.30. The van der Waals surface area contributed by atoms with Crippen LogP contribution in [0.1, 0.15) is 13.8 Å². The van der Waals surface area contributed by atoms with Crippen molar-refractivity contribution < 1.29 is 0 Å². The normalized spacial score (nSPS) is 16.5. The van der Waals surface area contributed by atoms with Crippen molar-refractivity contribution in [1.29, 1.82) is 0 Å². The molecule has 0 bridgehead atoms. The largest absolute Gasteiger partial charge is 0.354 e. The van der Waals surface area contributed by atoms with Crippen molar-refractivity contribution in [2.45, 2.75) is 20.4 Å². The number of anilines is 1. The maximum absolute atomic E-state index is 4.77. The molecular formula is C17H27N5. The molecule has 2 heterocycles. The highest BCUT2D eigenvalue weighted by Crippen LogP contribution is 2.20. The molecule has 2 N–H and O–H groups in total. The van der Waals surface area contributed by atoms with Gasteiger partial charge in [-0.15, -0.1) is 0 Å². The van der Waals surface area contributed by atoms with Gasteiger partial charge in [-0.25, -0.2) is 4.98 Å². The minimum atomic E-state index is 0.603. The van der Waals surface area contributed by atoms with Crippen LogP contribution in [0, 0.1) is 5.92 Å². The lowest BCUT2D eigenvalue weighted by Crippen LogP contribution is -2.45. The van der Waals surface area contributed by atoms with Gasteiger partial charge in [0.2, 0.25) is 5.95 Å². The number of nitrogens with one attached hydrogen (secondary N) is 2. The first-order valence-corrected chi connectivity index (χ1v) is 8.36. The van der Waals surface area contributed by atoms with Crippen molar-refractivity contribution in [3.63, 3.8) is 0 Å². The third-order valence-electron chi connectivity index (χ3n) is 4.12. The minimum Gasteiger partial charge on any atom is -0.354 e. The summed E-state index contributed by atoms with van der Waals surface area (Å²) in [5.74, 6) is 1.61. The van der Waals surface area contributed by atoms with Crippen LogP contribution in [0.2, 0.25) is 0 Å². The molecule has 0 atom stereocenters. The molecule has 1 fully saturated rings. The number of piperazine rings is 1. The maximum atomic E-state index is 4.77. The zero-order chi connectivity index (χ0) is 15.4. The van der Waals surface area contributed by atoms with E-state index < -0.39 is 0 Å². The second kappa shape index (κ2) is 7.11. The third kappa shape index (κ3) is 3.59. The van der Waals surface area contributed by atoms with E-state index in [1.807, 2.05) is 0 Å². The van der Waals surface area contributed by atoms with Gasteiger partial charge in [0, 0.05) is 45.8 Å². The minimum absolute atomic E-state index is 0.603. The lowest BCUT2D eigenvalue weighted by Gasteiger charge is -2.27. The number of nitrogens with zero attached hydrogens (tertiary/aromatic N) is 3. The van der Waals surface area contributed by atoms with Gasteiger partial charge in [-0.1, -0.05) is 26.0 Å². The summed E-state index contributed by atoms with van der Waals surface area (Å²) in [7, 11) is 0. The predicted octanol–water partition coefficient (Wildman–Crippen LogP) is 2.01. The molecule has 1 saturated heterocycles. The molecule has 120 valence electrons. The Bertz CT molecular complexity index is 598. The second-order valence-electron chi connectivity index (χ2n) is 6.45. The van der Waals surface area contributed by atoms with E-state index in [9.17, 15) is 0 Å². The Balaban J connectivity index is 1.68. The molecule has 0 aliphatic carbocycles. The lowest BCUT2D eigenvalue weighted by atomic mass is 10.2. The Kier molecular flexibility index (Phi) is 4.95. The molecule has 5 nitrogen and oxygen atoms in total. The molecule has 0 spiro atoms. The van der Waals surface area contributed by atoms with Crippen LogP contribution in [0.25, 0.3) is 11.0 Å². The Morgan fingerprint density at radius 2 is 2.00 bits per heavy atom. The average Bonchev–Trinajstić information content (AvgIpc) is 2.86. The van der Waals surface area contributed by atoms with E-state index in [1.165, 1.54) is 5.52 Å². The molecule has 0 radical (unpaired) electrons. The first-order valence-electron chi connectivity index (χ1n) is 8.36. The first kappa shape index (κ1) is 15.3. The van der Waals surface area contributed by atoms with Crippen LogP contribution in [0.3, 0.4) is 0 Å². The molecule has 5 heteroatoms. The van der Waals surface area contributed by atoms with E-state index in [0.717, 1.165) is 57.3 Å². The molecule has 1 aliphatic heterocycles. The quantitative estimate of drug-likeness (QED) is 0.857. The predicted molar refractivity (Wildman–Crippen MR) is 92.4 cm³/mol. The van der Waals surface area contributed by atoms with Gasteiger partial charge in [0.15, 0.2) is 0 Å². The van der Waals surface area contributed by atoms with Crippen molar-refractivity contribution in [3.8, 4) is 0 Å².